The summed E-state index contributed by atoms with van der Waals surface area (Å²) < 4.78 is 5.50. The molecule has 0 radical (unpaired) electrons. The maximum Gasteiger partial charge on any atom is 0.224 e. The van der Waals surface area contributed by atoms with E-state index < -0.39 is 0 Å². The standard InChI is InChI=1S/C21H25NO3/c1-4-13-25-19-9-7-18(8-10-19)22-21(24)12-11-20(23)17-6-5-15(2)16(3)14-17/h5-10,14H,4,11-13H2,1-3H3,(H,22,24). The van der Waals surface area contributed by atoms with E-state index in [0.29, 0.717) is 17.9 Å². The van der Waals surface area contributed by atoms with Gasteiger partial charge >= 0.3 is 0 Å². The number of nitrogens with one attached hydrogen (secondary N) is 1. The summed E-state index contributed by atoms with van der Waals surface area (Å²) in [5.41, 5.74) is 3.60. The van der Waals surface area contributed by atoms with Gasteiger partial charge in [-0.1, -0.05) is 19.1 Å². The molecule has 25 heavy (non-hydrogen) atoms. The molecule has 2 aromatic carbocycles. The zero-order chi connectivity index (χ0) is 18.2. The molecular weight excluding hydrogens is 314 g/mol. The van der Waals surface area contributed by atoms with Crippen LogP contribution < -0.4 is 10.1 Å². The van der Waals surface area contributed by atoms with Crippen molar-refractivity contribution in [3.8, 4) is 5.75 Å². The minimum atomic E-state index is -0.167. The number of aryl methyl sites for hydroxylation is 2. The number of hydrogen-bond donors (Lipinski definition) is 1. The number of carbonyl (C=O) groups is 2. The van der Waals surface area contributed by atoms with Gasteiger partial charge in [0, 0.05) is 24.1 Å². The lowest BCUT2D eigenvalue weighted by atomic mass is 10.0. The molecular formula is C21H25NO3. The Kier molecular flexibility index (Phi) is 6.75. The van der Waals surface area contributed by atoms with E-state index in [0.717, 1.165) is 23.3 Å². The van der Waals surface area contributed by atoms with Gasteiger partial charge in [0.05, 0.1) is 6.61 Å². The summed E-state index contributed by atoms with van der Waals surface area (Å²) in [6, 6.07) is 12.9. The minimum Gasteiger partial charge on any atom is -0.494 e. The molecule has 0 aliphatic rings. The Morgan fingerprint density at radius 3 is 2.32 bits per heavy atom. The molecule has 1 amide bonds. The molecule has 0 aliphatic heterocycles. The van der Waals surface area contributed by atoms with Crippen LogP contribution in [0.4, 0.5) is 5.69 Å². The van der Waals surface area contributed by atoms with Crippen LogP contribution in [0.25, 0.3) is 0 Å². The molecule has 0 fully saturated rings. The fourth-order valence-corrected chi connectivity index (χ4v) is 2.36. The topological polar surface area (TPSA) is 55.4 Å². The first-order chi connectivity index (χ1) is 12.0. The number of rotatable bonds is 8. The van der Waals surface area contributed by atoms with Crippen molar-refractivity contribution in [3.05, 3.63) is 59.2 Å². The highest BCUT2D eigenvalue weighted by Gasteiger charge is 2.10. The third-order valence-corrected chi connectivity index (χ3v) is 4.02. The van der Waals surface area contributed by atoms with Crippen molar-refractivity contribution in [2.45, 2.75) is 40.0 Å². The lowest BCUT2D eigenvalue weighted by Crippen LogP contribution is -2.13. The maximum absolute atomic E-state index is 12.2. The molecule has 0 heterocycles. The van der Waals surface area contributed by atoms with E-state index in [1.54, 1.807) is 12.1 Å². The lowest BCUT2D eigenvalue weighted by Gasteiger charge is -2.08. The van der Waals surface area contributed by atoms with Crippen molar-refractivity contribution in [1.29, 1.82) is 0 Å². The normalized spacial score (nSPS) is 10.4. The number of Topliss-reactive ketones (excluding diaryl/α,β-unsaturated/α-hetero) is 1. The molecule has 0 spiro atoms. The van der Waals surface area contributed by atoms with Crippen LogP contribution >= 0.6 is 0 Å². The molecule has 0 saturated carbocycles. The largest absolute Gasteiger partial charge is 0.494 e. The number of hydrogen-bond acceptors (Lipinski definition) is 3. The van der Waals surface area contributed by atoms with Crippen LogP contribution in [0.15, 0.2) is 42.5 Å². The molecule has 0 unspecified atom stereocenters. The average Bonchev–Trinajstić information content (AvgIpc) is 2.61. The number of anilines is 1. The predicted molar refractivity (Wildman–Crippen MR) is 100 cm³/mol. The van der Waals surface area contributed by atoms with Gasteiger partial charge in [0.2, 0.25) is 5.91 Å². The van der Waals surface area contributed by atoms with Crippen molar-refractivity contribution in [2.75, 3.05) is 11.9 Å². The van der Waals surface area contributed by atoms with Crippen LogP contribution in [0.1, 0.15) is 47.7 Å². The van der Waals surface area contributed by atoms with Gasteiger partial charge in [0.15, 0.2) is 5.78 Å². The van der Waals surface area contributed by atoms with Gasteiger partial charge < -0.3 is 10.1 Å². The van der Waals surface area contributed by atoms with Gasteiger partial charge in [0.1, 0.15) is 5.75 Å². The van der Waals surface area contributed by atoms with Gasteiger partial charge in [-0.15, -0.1) is 0 Å². The number of ether oxygens (including phenoxy) is 1. The summed E-state index contributed by atoms with van der Waals surface area (Å²) in [6.07, 6.45) is 1.32. The first-order valence-corrected chi connectivity index (χ1v) is 8.62. The van der Waals surface area contributed by atoms with Crippen molar-refractivity contribution < 1.29 is 14.3 Å². The van der Waals surface area contributed by atoms with E-state index in [9.17, 15) is 9.59 Å². The van der Waals surface area contributed by atoms with Gasteiger partial charge in [-0.3, -0.25) is 9.59 Å². The Hall–Kier alpha value is -2.62. The number of carbonyl (C=O) groups excluding carboxylic acids is 2. The molecule has 4 heteroatoms. The maximum atomic E-state index is 12.2. The Morgan fingerprint density at radius 2 is 1.68 bits per heavy atom. The zero-order valence-electron chi connectivity index (χ0n) is 15.1. The predicted octanol–water partition coefficient (Wildman–Crippen LogP) is 4.69. The fraction of sp³-hybridized carbons (Fsp3) is 0.333. The third kappa shape index (κ3) is 5.75. The quantitative estimate of drug-likeness (QED) is 0.710. The first-order valence-electron chi connectivity index (χ1n) is 8.62. The van der Waals surface area contributed by atoms with E-state index in [-0.39, 0.29) is 24.5 Å². The van der Waals surface area contributed by atoms with E-state index >= 15 is 0 Å². The van der Waals surface area contributed by atoms with E-state index in [4.69, 9.17) is 4.74 Å². The summed E-state index contributed by atoms with van der Waals surface area (Å²) in [6.45, 7) is 6.71. The molecule has 0 aliphatic carbocycles. The van der Waals surface area contributed by atoms with Crippen LogP contribution in [0.5, 0.6) is 5.75 Å². The Bertz CT molecular complexity index is 735. The van der Waals surface area contributed by atoms with Crippen molar-refractivity contribution in [2.24, 2.45) is 0 Å². The molecule has 132 valence electrons. The zero-order valence-corrected chi connectivity index (χ0v) is 15.1. The van der Waals surface area contributed by atoms with Gasteiger partial charge in [-0.25, -0.2) is 0 Å². The van der Waals surface area contributed by atoms with Gasteiger partial charge in [-0.05, 0) is 61.7 Å². The van der Waals surface area contributed by atoms with Crippen LogP contribution in [-0.2, 0) is 4.79 Å². The van der Waals surface area contributed by atoms with Crippen molar-refractivity contribution >= 4 is 17.4 Å². The Morgan fingerprint density at radius 1 is 0.960 bits per heavy atom. The number of amides is 1. The Balaban J connectivity index is 1.83. The fourth-order valence-electron chi connectivity index (χ4n) is 2.36. The molecule has 4 nitrogen and oxygen atoms in total. The average molecular weight is 339 g/mol. The van der Waals surface area contributed by atoms with Crippen LogP contribution in [0, 0.1) is 13.8 Å². The Labute approximate surface area is 149 Å². The van der Waals surface area contributed by atoms with E-state index in [2.05, 4.69) is 5.32 Å². The monoisotopic (exact) mass is 339 g/mol. The molecule has 2 aromatic rings. The SMILES string of the molecule is CCCOc1ccc(NC(=O)CCC(=O)c2ccc(C)c(C)c2)cc1. The highest BCUT2D eigenvalue weighted by Crippen LogP contribution is 2.17. The molecule has 0 aromatic heterocycles. The summed E-state index contributed by atoms with van der Waals surface area (Å²) in [7, 11) is 0. The molecule has 2 rings (SSSR count). The number of benzene rings is 2. The van der Waals surface area contributed by atoms with Gasteiger partial charge in [0.25, 0.3) is 0 Å². The second-order valence-electron chi connectivity index (χ2n) is 6.14. The van der Waals surface area contributed by atoms with Crippen molar-refractivity contribution in [1.82, 2.24) is 0 Å². The second-order valence-corrected chi connectivity index (χ2v) is 6.14. The highest BCUT2D eigenvalue weighted by atomic mass is 16.5. The summed E-state index contributed by atoms with van der Waals surface area (Å²) >= 11 is 0. The smallest absolute Gasteiger partial charge is 0.224 e. The van der Waals surface area contributed by atoms with Gasteiger partial charge in [-0.2, -0.15) is 0 Å². The number of ketones is 1. The molecule has 1 N–H and O–H groups in total. The van der Waals surface area contributed by atoms with Crippen LogP contribution in [0.2, 0.25) is 0 Å². The van der Waals surface area contributed by atoms with Crippen molar-refractivity contribution in [3.63, 3.8) is 0 Å². The summed E-state index contributed by atoms with van der Waals surface area (Å²) in [5, 5.41) is 2.81. The van der Waals surface area contributed by atoms with E-state index in [1.807, 2.05) is 51.1 Å². The van der Waals surface area contributed by atoms with Crippen LogP contribution in [-0.4, -0.2) is 18.3 Å². The second kappa shape index (κ2) is 9.02. The highest BCUT2D eigenvalue weighted by molar-refractivity contribution is 6.00. The summed E-state index contributed by atoms with van der Waals surface area (Å²) in [4.78, 5) is 24.2. The molecule has 0 bridgehead atoms. The third-order valence-electron chi connectivity index (χ3n) is 4.02. The minimum absolute atomic E-state index is 0.0124. The first kappa shape index (κ1) is 18.7. The van der Waals surface area contributed by atoms with E-state index in [1.165, 1.54) is 0 Å². The lowest BCUT2D eigenvalue weighted by molar-refractivity contribution is -0.116. The summed E-state index contributed by atoms with van der Waals surface area (Å²) in [5.74, 6) is 0.603. The van der Waals surface area contributed by atoms with Crippen LogP contribution in [0.3, 0.4) is 0 Å². The molecule has 0 atom stereocenters. The molecule has 0 saturated heterocycles.